The summed E-state index contributed by atoms with van der Waals surface area (Å²) in [4.78, 5) is 50.7. The Bertz CT molecular complexity index is 1160. The number of para-hydroxylation sites is 2. The van der Waals surface area contributed by atoms with Crippen LogP contribution >= 0.6 is 0 Å². The molecule has 0 aliphatic carbocycles. The van der Waals surface area contributed by atoms with Crippen LogP contribution in [0.25, 0.3) is 11.1 Å². The molecule has 1 N–H and O–H groups in total. The largest absolute Gasteiger partial charge is 0.426 e. The molecule has 1 aliphatic rings. The molecule has 0 bridgehead atoms. The monoisotopic (exact) mass is 394 g/mol. The third kappa shape index (κ3) is 3.07. The molecular weight excluding hydrogens is 376 g/mol. The van der Waals surface area contributed by atoms with Crippen LogP contribution in [0.2, 0.25) is 0 Å². The van der Waals surface area contributed by atoms with Gasteiger partial charge >= 0.3 is 5.76 Å². The minimum absolute atomic E-state index is 0.00289. The van der Waals surface area contributed by atoms with Crippen LogP contribution in [0, 0.1) is 5.92 Å². The second kappa shape index (κ2) is 7.14. The van der Waals surface area contributed by atoms with Gasteiger partial charge in [0.2, 0.25) is 5.91 Å². The number of benzene rings is 2. The van der Waals surface area contributed by atoms with Crippen molar-refractivity contribution in [2.24, 2.45) is 5.92 Å². The van der Waals surface area contributed by atoms with Gasteiger partial charge in [0.05, 0.1) is 28.7 Å². The molecule has 2 heterocycles. The van der Waals surface area contributed by atoms with Crippen molar-refractivity contribution in [1.82, 2.24) is 9.47 Å². The van der Waals surface area contributed by atoms with Crippen molar-refractivity contribution in [1.29, 1.82) is 0 Å². The molecule has 0 radical (unpaired) electrons. The van der Waals surface area contributed by atoms with Crippen molar-refractivity contribution < 1.29 is 23.9 Å². The van der Waals surface area contributed by atoms with Crippen LogP contribution in [-0.4, -0.2) is 44.9 Å². The van der Waals surface area contributed by atoms with E-state index in [1.165, 1.54) is 6.92 Å². The lowest BCUT2D eigenvalue weighted by atomic mass is 10.0. The van der Waals surface area contributed by atoms with E-state index < -0.39 is 35.5 Å². The van der Waals surface area contributed by atoms with E-state index in [1.54, 1.807) is 48.5 Å². The number of amides is 2. The Morgan fingerprint density at radius 1 is 1.00 bits per heavy atom. The molecule has 8 nitrogen and oxygen atoms in total. The van der Waals surface area contributed by atoms with E-state index in [2.05, 4.69) is 0 Å². The third-order valence-electron chi connectivity index (χ3n) is 5.20. The molecular formula is C21H18N2O6. The molecule has 2 amide bonds. The Morgan fingerprint density at radius 2 is 1.59 bits per heavy atom. The molecule has 1 aliphatic heterocycles. The van der Waals surface area contributed by atoms with Gasteiger partial charge in [0.1, 0.15) is 0 Å². The molecule has 0 fully saturated rings. The predicted octanol–water partition coefficient (Wildman–Crippen LogP) is 1.92. The van der Waals surface area contributed by atoms with E-state index in [1.807, 2.05) is 0 Å². The average Bonchev–Trinajstić information content (AvgIpc) is 3.19. The first kappa shape index (κ1) is 18.8. The highest BCUT2D eigenvalue weighted by molar-refractivity contribution is 6.21. The van der Waals surface area contributed by atoms with Crippen LogP contribution in [0.5, 0.6) is 0 Å². The van der Waals surface area contributed by atoms with Gasteiger partial charge in [-0.25, -0.2) is 9.36 Å². The van der Waals surface area contributed by atoms with Crippen molar-refractivity contribution in [2.45, 2.75) is 19.4 Å². The number of aromatic nitrogens is 1. The molecule has 0 saturated heterocycles. The third-order valence-corrected chi connectivity index (χ3v) is 5.20. The van der Waals surface area contributed by atoms with Crippen molar-refractivity contribution in [2.75, 3.05) is 6.54 Å². The zero-order valence-corrected chi connectivity index (χ0v) is 15.6. The summed E-state index contributed by atoms with van der Waals surface area (Å²) in [5.41, 5.74) is 1.25. The fourth-order valence-corrected chi connectivity index (χ4v) is 3.50. The second-order valence-corrected chi connectivity index (χ2v) is 6.96. The molecule has 3 aromatic rings. The Hall–Kier alpha value is -3.52. The highest BCUT2D eigenvalue weighted by Crippen LogP contribution is 2.23. The van der Waals surface area contributed by atoms with Crippen molar-refractivity contribution >= 4 is 28.8 Å². The lowest BCUT2D eigenvalue weighted by Gasteiger charge is -2.20. The quantitative estimate of drug-likeness (QED) is 0.662. The highest BCUT2D eigenvalue weighted by atomic mass is 16.4. The Labute approximate surface area is 165 Å². The van der Waals surface area contributed by atoms with Gasteiger partial charge in [-0.1, -0.05) is 31.2 Å². The number of carbonyl (C=O) groups is 3. The van der Waals surface area contributed by atoms with Crippen molar-refractivity contribution in [3.05, 3.63) is 70.2 Å². The lowest BCUT2D eigenvalue weighted by Crippen LogP contribution is -2.38. The van der Waals surface area contributed by atoms with E-state index in [4.69, 9.17) is 4.42 Å². The summed E-state index contributed by atoms with van der Waals surface area (Å²) in [6.45, 7) is 1.45. The van der Waals surface area contributed by atoms with E-state index in [9.17, 15) is 24.3 Å². The van der Waals surface area contributed by atoms with E-state index in [0.29, 0.717) is 16.6 Å². The van der Waals surface area contributed by atoms with Crippen LogP contribution in [0.15, 0.2) is 57.7 Å². The fraction of sp³-hybridized carbons (Fsp3) is 0.238. The van der Waals surface area contributed by atoms with Crippen LogP contribution in [0.3, 0.4) is 0 Å². The molecule has 8 heteroatoms. The summed E-state index contributed by atoms with van der Waals surface area (Å²) in [5, 5.41) is 10.5. The van der Waals surface area contributed by atoms with E-state index in [0.717, 1.165) is 9.47 Å². The average molecular weight is 394 g/mol. The number of aliphatic hydroxyl groups excluding tert-OH is 1. The zero-order valence-electron chi connectivity index (χ0n) is 15.6. The number of hydrogen-bond donors (Lipinski definition) is 1. The topological polar surface area (TPSA) is 110 Å². The van der Waals surface area contributed by atoms with Crippen molar-refractivity contribution in [3.8, 4) is 0 Å². The first-order valence-electron chi connectivity index (χ1n) is 9.18. The Morgan fingerprint density at radius 3 is 2.24 bits per heavy atom. The number of aliphatic hydroxyl groups is 1. The van der Waals surface area contributed by atoms with Gasteiger partial charge in [-0.05, 0) is 30.7 Å². The maximum absolute atomic E-state index is 12.8. The molecule has 2 aromatic carbocycles. The second-order valence-electron chi connectivity index (χ2n) is 6.96. The van der Waals surface area contributed by atoms with E-state index >= 15 is 0 Å². The number of imide groups is 1. The zero-order chi connectivity index (χ0) is 20.7. The molecule has 1 aromatic heterocycles. The Kier molecular flexibility index (Phi) is 4.63. The molecule has 0 spiro atoms. The standard InChI is InChI=1S/C21H18N2O6/c1-12(18(25)23-15-8-4-5-9-17(15)29-21(23)28)16(24)10-11-22-19(26)13-6-2-3-7-14(13)20(22)27/h2-9,12,16,24H,10-11H2,1H3. The number of hydrogen-bond acceptors (Lipinski definition) is 6. The normalized spacial score (nSPS) is 15.6. The molecule has 0 saturated carbocycles. The number of oxazole rings is 1. The Balaban J connectivity index is 1.48. The van der Waals surface area contributed by atoms with Crippen LogP contribution in [-0.2, 0) is 0 Å². The molecule has 2 unspecified atom stereocenters. The fourth-order valence-electron chi connectivity index (χ4n) is 3.50. The lowest BCUT2D eigenvalue weighted by molar-refractivity contribution is 0.0524. The minimum atomic E-state index is -1.16. The number of fused-ring (bicyclic) bond motifs is 2. The smallest absolute Gasteiger partial charge is 0.407 e. The summed E-state index contributed by atoms with van der Waals surface area (Å²) in [6.07, 6.45) is -1.16. The van der Waals surface area contributed by atoms with Gasteiger partial charge in [0, 0.05) is 6.54 Å². The summed E-state index contributed by atoms with van der Waals surface area (Å²) >= 11 is 0. The van der Waals surface area contributed by atoms with Crippen LogP contribution in [0.4, 0.5) is 0 Å². The van der Waals surface area contributed by atoms with Gasteiger partial charge in [-0.2, -0.15) is 0 Å². The maximum atomic E-state index is 12.8. The highest BCUT2D eigenvalue weighted by Gasteiger charge is 2.36. The van der Waals surface area contributed by atoms with Gasteiger partial charge in [0.25, 0.3) is 11.8 Å². The summed E-state index contributed by atoms with van der Waals surface area (Å²) in [5.74, 6) is -3.23. The number of carbonyl (C=O) groups excluding carboxylic acids is 3. The summed E-state index contributed by atoms with van der Waals surface area (Å²) in [6, 6.07) is 13.0. The molecule has 148 valence electrons. The summed E-state index contributed by atoms with van der Waals surface area (Å²) in [7, 11) is 0. The summed E-state index contributed by atoms with van der Waals surface area (Å²) < 4.78 is 5.96. The number of rotatable bonds is 5. The predicted molar refractivity (Wildman–Crippen MR) is 103 cm³/mol. The van der Waals surface area contributed by atoms with Gasteiger partial charge in [-0.3, -0.25) is 19.3 Å². The maximum Gasteiger partial charge on any atom is 0.426 e. The minimum Gasteiger partial charge on any atom is -0.407 e. The molecule has 2 atom stereocenters. The first-order valence-corrected chi connectivity index (χ1v) is 9.18. The number of nitrogens with zero attached hydrogens (tertiary/aromatic N) is 2. The van der Waals surface area contributed by atoms with Crippen molar-refractivity contribution in [3.63, 3.8) is 0 Å². The van der Waals surface area contributed by atoms with Gasteiger partial charge in [0.15, 0.2) is 5.58 Å². The first-order chi connectivity index (χ1) is 13.9. The molecule has 4 rings (SSSR count). The van der Waals surface area contributed by atoms with Gasteiger partial charge in [-0.15, -0.1) is 0 Å². The molecule has 29 heavy (non-hydrogen) atoms. The van der Waals surface area contributed by atoms with E-state index in [-0.39, 0.29) is 18.5 Å². The van der Waals surface area contributed by atoms with Crippen LogP contribution < -0.4 is 5.76 Å². The SMILES string of the molecule is CC(C(=O)n1c(=O)oc2ccccc21)C(O)CCN1C(=O)c2ccccc2C1=O. The van der Waals surface area contributed by atoms with Crippen LogP contribution in [0.1, 0.15) is 38.9 Å². The van der Waals surface area contributed by atoms with Gasteiger partial charge < -0.3 is 9.52 Å².